The van der Waals surface area contributed by atoms with Crippen molar-refractivity contribution < 1.29 is 33.4 Å². The number of aromatic nitrogens is 4. The van der Waals surface area contributed by atoms with E-state index in [2.05, 4.69) is 25.3 Å². The lowest BCUT2D eigenvalue weighted by Crippen LogP contribution is -2.49. The van der Waals surface area contributed by atoms with E-state index in [1.54, 1.807) is 23.4 Å². The average Bonchev–Trinajstić information content (AvgIpc) is 3.63. The van der Waals surface area contributed by atoms with Gasteiger partial charge in [0, 0.05) is 18.7 Å². The molecule has 7 rings (SSSR count). The summed E-state index contributed by atoms with van der Waals surface area (Å²) in [5.41, 5.74) is 4.06. The van der Waals surface area contributed by atoms with Crippen molar-refractivity contribution in [1.29, 1.82) is 0 Å². The van der Waals surface area contributed by atoms with Crippen molar-refractivity contribution >= 4 is 23.9 Å². The molecule has 3 fully saturated rings. The quantitative estimate of drug-likeness (QED) is 0.120. The van der Waals surface area contributed by atoms with E-state index >= 15 is 4.39 Å². The highest BCUT2D eigenvalue weighted by atomic mass is 19.1. The number of likely N-dealkylation sites (tertiary alicyclic amines) is 2. The Labute approximate surface area is 312 Å². The number of ether oxygens (including phenoxy) is 1. The highest BCUT2D eigenvalue weighted by Crippen LogP contribution is 2.39. The largest absolute Gasteiger partial charge is 0.469 e. The van der Waals surface area contributed by atoms with E-state index in [9.17, 15) is 24.3 Å². The van der Waals surface area contributed by atoms with E-state index in [-0.39, 0.29) is 42.2 Å². The summed E-state index contributed by atoms with van der Waals surface area (Å²) >= 11 is 0. The molecule has 2 aliphatic heterocycles. The molecule has 4 atom stereocenters. The van der Waals surface area contributed by atoms with Crippen LogP contribution in [0.25, 0.3) is 33.6 Å². The summed E-state index contributed by atoms with van der Waals surface area (Å²) in [7, 11) is 1.33. The van der Waals surface area contributed by atoms with Crippen molar-refractivity contribution in [3.63, 3.8) is 0 Å². The summed E-state index contributed by atoms with van der Waals surface area (Å²) in [4.78, 5) is 69.7. The molecular weight excluding hydrogens is 693 g/mol. The number of methoxy groups -OCH3 is 1. The molecule has 0 bridgehead atoms. The highest BCUT2D eigenvalue weighted by molar-refractivity contribution is 5.87. The SMILES string of the molecule is COC(=O)C[C@H](C(=O)N1CCC[C@H]1c1ncc(-c2ccc(-c3ccc(-c4cnc([C@@H]5CCCN5C(=O)[C@@H](NC(=O)O)C5CC5)[nH]4)c(F)c3)cc2)[nH]1)C(C)C. The van der Waals surface area contributed by atoms with Gasteiger partial charge in [-0.3, -0.25) is 14.4 Å². The Morgan fingerprint density at radius 1 is 0.852 bits per heavy atom. The Morgan fingerprint density at radius 2 is 1.43 bits per heavy atom. The molecular formula is C40H46FN7O6. The van der Waals surface area contributed by atoms with Crippen molar-refractivity contribution in [3.8, 4) is 33.6 Å². The number of esters is 1. The maximum atomic E-state index is 15.7. The maximum Gasteiger partial charge on any atom is 0.405 e. The Bertz CT molecular complexity index is 2020. The van der Waals surface area contributed by atoms with Crippen LogP contribution in [0.15, 0.2) is 54.9 Å². The minimum absolute atomic E-state index is 0.0144. The highest BCUT2D eigenvalue weighted by Gasteiger charge is 2.43. The van der Waals surface area contributed by atoms with Crippen LogP contribution in [0, 0.1) is 23.6 Å². The molecule has 2 aromatic heterocycles. The zero-order valence-electron chi connectivity index (χ0n) is 30.7. The molecule has 1 saturated carbocycles. The molecule has 4 N–H and O–H groups in total. The number of carbonyl (C=O) groups is 4. The smallest absolute Gasteiger partial charge is 0.405 e. The molecule has 2 aromatic carbocycles. The second-order valence-corrected chi connectivity index (χ2v) is 14.9. The second kappa shape index (κ2) is 15.4. The van der Waals surface area contributed by atoms with E-state index < -0.39 is 29.8 Å². The van der Waals surface area contributed by atoms with Crippen LogP contribution < -0.4 is 5.32 Å². The Morgan fingerprint density at radius 3 is 2.00 bits per heavy atom. The summed E-state index contributed by atoms with van der Waals surface area (Å²) in [5.74, 6) is -0.348. The molecule has 3 amide bonds. The molecule has 1 aliphatic carbocycles. The van der Waals surface area contributed by atoms with Gasteiger partial charge in [0.2, 0.25) is 11.8 Å². The molecule has 14 heteroatoms. The number of halogens is 1. The number of aromatic amines is 2. The number of amides is 3. The first kappa shape index (κ1) is 36.8. The number of carboxylic acid groups (broad SMARTS) is 1. The van der Waals surface area contributed by atoms with Gasteiger partial charge in [0.1, 0.15) is 23.5 Å². The molecule has 284 valence electrons. The fourth-order valence-electron chi connectivity index (χ4n) is 7.89. The molecule has 0 radical (unpaired) electrons. The summed E-state index contributed by atoms with van der Waals surface area (Å²) in [6, 6.07) is 11.4. The molecule has 13 nitrogen and oxygen atoms in total. The first-order chi connectivity index (χ1) is 26.0. The van der Waals surface area contributed by atoms with Gasteiger partial charge in [-0.25, -0.2) is 19.2 Å². The number of rotatable bonds is 12. The van der Waals surface area contributed by atoms with Crippen LogP contribution in [0.2, 0.25) is 0 Å². The van der Waals surface area contributed by atoms with Gasteiger partial charge in [0.05, 0.1) is 55.3 Å². The van der Waals surface area contributed by atoms with E-state index in [4.69, 9.17) is 4.74 Å². The molecule has 0 spiro atoms. The summed E-state index contributed by atoms with van der Waals surface area (Å²) < 4.78 is 20.5. The van der Waals surface area contributed by atoms with Gasteiger partial charge in [-0.15, -0.1) is 0 Å². The monoisotopic (exact) mass is 739 g/mol. The molecule has 2 saturated heterocycles. The lowest BCUT2D eigenvalue weighted by Gasteiger charge is -2.29. The third-order valence-electron chi connectivity index (χ3n) is 11.1. The first-order valence-corrected chi connectivity index (χ1v) is 18.7. The predicted molar refractivity (Wildman–Crippen MR) is 197 cm³/mol. The van der Waals surface area contributed by atoms with Gasteiger partial charge in [0.25, 0.3) is 0 Å². The molecule has 3 aliphatic rings. The fraction of sp³-hybridized carbons (Fsp3) is 0.450. The molecule has 0 unspecified atom stereocenters. The third-order valence-corrected chi connectivity index (χ3v) is 11.1. The van der Waals surface area contributed by atoms with Gasteiger partial charge in [-0.1, -0.05) is 44.2 Å². The van der Waals surface area contributed by atoms with Crippen LogP contribution in [0.3, 0.4) is 0 Å². The average molecular weight is 740 g/mol. The van der Waals surface area contributed by atoms with E-state index in [1.165, 1.54) is 13.2 Å². The van der Waals surface area contributed by atoms with Gasteiger partial charge >= 0.3 is 12.1 Å². The zero-order valence-corrected chi connectivity index (χ0v) is 30.7. The standard InChI is InChI=1S/C40H46FN7O6/c1-22(2)28(19-34(49)54-3)38(50)47-16-4-6-32(47)36-42-20-30(44-36)24-10-8-23(9-11-24)26-14-15-27(29(41)18-26)31-21-43-37(45-31)33-7-5-17-48(33)39(51)35(25-12-13-25)46-40(52)53/h8-11,14-15,18,20-22,25,28,32-33,35,46H,4-7,12-13,16-17,19H2,1-3H3,(H,42,44)(H,43,45)(H,52,53)/t28-,32-,33-,35-/m0/s1. The van der Waals surface area contributed by atoms with Crippen LogP contribution in [-0.2, 0) is 19.1 Å². The summed E-state index contributed by atoms with van der Waals surface area (Å²) in [6.07, 6.45) is 6.84. The number of nitrogens with one attached hydrogen (secondary N) is 3. The number of hydrogen-bond acceptors (Lipinski definition) is 7. The number of H-pyrrole nitrogens is 2. The number of hydrogen-bond donors (Lipinski definition) is 4. The topological polar surface area (TPSA) is 174 Å². The van der Waals surface area contributed by atoms with Crippen molar-refractivity contribution in [2.24, 2.45) is 17.8 Å². The fourth-order valence-corrected chi connectivity index (χ4v) is 7.89. The number of nitrogens with zero attached hydrogens (tertiary/aromatic N) is 4. The van der Waals surface area contributed by atoms with Crippen LogP contribution >= 0.6 is 0 Å². The Balaban J connectivity index is 1.02. The Kier molecular flexibility index (Phi) is 10.5. The van der Waals surface area contributed by atoms with Crippen molar-refractivity contribution in [2.75, 3.05) is 20.2 Å². The van der Waals surface area contributed by atoms with Gasteiger partial charge < -0.3 is 34.9 Å². The lowest BCUT2D eigenvalue weighted by atomic mass is 9.91. The minimum Gasteiger partial charge on any atom is -0.469 e. The van der Waals surface area contributed by atoms with Gasteiger partial charge in [0.15, 0.2) is 0 Å². The van der Waals surface area contributed by atoms with Crippen molar-refractivity contribution in [3.05, 3.63) is 72.3 Å². The number of carbonyl (C=O) groups excluding carboxylic acids is 3. The lowest BCUT2D eigenvalue weighted by molar-refractivity contribution is -0.148. The second-order valence-electron chi connectivity index (χ2n) is 14.9. The molecule has 54 heavy (non-hydrogen) atoms. The zero-order chi connectivity index (χ0) is 38.1. The number of imidazole rings is 2. The normalized spacial score (nSPS) is 19.6. The maximum absolute atomic E-state index is 15.7. The van der Waals surface area contributed by atoms with Crippen LogP contribution in [0.5, 0.6) is 0 Å². The first-order valence-electron chi connectivity index (χ1n) is 18.7. The van der Waals surface area contributed by atoms with E-state index in [0.717, 1.165) is 48.9 Å². The summed E-state index contributed by atoms with van der Waals surface area (Å²) in [5, 5.41) is 11.7. The van der Waals surface area contributed by atoms with Gasteiger partial charge in [-0.05, 0) is 79.2 Å². The Hall–Kier alpha value is -5.53. The van der Waals surface area contributed by atoms with E-state index in [1.807, 2.05) is 49.1 Å². The van der Waals surface area contributed by atoms with Crippen molar-refractivity contribution in [2.45, 2.75) is 76.9 Å². The van der Waals surface area contributed by atoms with Crippen LogP contribution in [-0.4, -0.2) is 85.0 Å². The van der Waals surface area contributed by atoms with Crippen molar-refractivity contribution in [1.82, 2.24) is 35.1 Å². The number of benzene rings is 2. The predicted octanol–water partition coefficient (Wildman–Crippen LogP) is 6.48. The minimum atomic E-state index is -1.21. The summed E-state index contributed by atoms with van der Waals surface area (Å²) in [6.45, 7) is 4.99. The van der Waals surface area contributed by atoms with E-state index in [0.29, 0.717) is 48.0 Å². The van der Waals surface area contributed by atoms with Crippen LogP contribution in [0.4, 0.5) is 9.18 Å². The molecule has 4 heterocycles. The van der Waals surface area contributed by atoms with Gasteiger partial charge in [-0.2, -0.15) is 0 Å². The third kappa shape index (κ3) is 7.60. The van der Waals surface area contributed by atoms with Crippen LogP contribution in [0.1, 0.15) is 82.5 Å². The molecule has 4 aromatic rings.